The van der Waals surface area contributed by atoms with Gasteiger partial charge in [-0.05, 0) is 42.8 Å². The van der Waals surface area contributed by atoms with Crippen LogP contribution in [0.25, 0.3) is 11.3 Å². The van der Waals surface area contributed by atoms with Crippen molar-refractivity contribution in [1.82, 2.24) is 15.2 Å². The second-order valence-corrected chi connectivity index (χ2v) is 7.53. The number of ether oxygens (including phenoxy) is 1. The third-order valence-corrected chi connectivity index (χ3v) is 4.87. The molecule has 0 radical (unpaired) electrons. The Labute approximate surface area is 181 Å². The number of benzene rings is 1. The third-order valence-electron chi connectivity index (χ3n) is 4.79. The molecule has 3 heterocycles. The number of carbonyl (C=O) groups excluding carboxylic acids is 1. The van der Waals surface area contributed by atoms with Gasteiger partial charge in [0.25, 0.3) is 5.91 Å². The number of H-pyrrole nitrogens is 1. The Morgan fingerprint density at radius 3 is 2.71 bits per heavy atom. The Balaban J connectivity index is 1.55. The van der Waals surface area contributed by atoms with Crippen LogP contribution in [-0.2, 0) is 0 Å². The lowest BCUT2D eigenvalue weighted by molar-refractivity contribution is -0.0964. The summed E-state index contributed by atoms with van der Waals surface area (Å²) in [5.41, 5.74) is 4.40. The van der Waals surface area contributed by atoms with Crippen LogP contribution in [0.15, 0.2) is 48.8 Å². The zero-order chi connectivity index (χ0) is 22.0. The highest BCUT2D eigenvalue weighted by Gasteiger charge is 2.27. The van der Waals surface area contributed by atoms with E-state index in [2.05, 4.69) is 30.1 Å². The van der Waals surface area contributed by atoms with Gasteiger partial charge in [0, 0.05) is 54.4 Å². The van der Waals surface area contributed by atoms with Gasteiger partial charge in [0.15, 0.2) is 0 Å². The number of alkyl halides is 3. The molecule has 3 aromatic rings. The van der Waals surface area contributed by atoms with Gasteiger partial charge in [0.05, 0.1) is 11.3 Å². The van der Waals surface area contributed by atoms with Crippen molar-refractivity contribution in [2.75, 3.05) is 23.3 Å². The molecule has 0 spiro atoms. The molecule has 0 bridgehead atoms. The maximum Gasteiger partial charge on any atom is 0.487 e. The van der Waals surface area contributed by atoms with E-state index < -0.39 is 11.5 Å². The number of carbonyl (C=O) groups is 1. The highest BCUT2D eigenvalue weighted by atomic mass is 35.5. The lowest BCUT2D eigenvalue weighted by atomic mass is 10.1. The minimum atomic E-state index is -3.81. The minimum Gasteiger partial charge on any atom is -0.420 e. The second-order valence-electron chi connectivity index (χ2n) is 7.09. The first-order valence-electron chi connectivity index (χ1n) is 9.46. The number of pyridine rings is 1. The molecule has 1 aromatic carbocycles. The van der Waals surface area contributed by atoms with Crippen LogP contribution < -0.4 is 20.7 Å². The van der Waals surface area contributed by atoms with E-state index in [4.69, 9.17) is 17.3 Å². The number of aromatic nitrogens is 3. The zero-order valence-electron chi connectivity index (χ0n) is 16.2. The predicted molar refractivity (Wildman–Crippen MR) is 112 cm³/mol. The fourth-order valence-corrected chi connectivity index (χ4v) is 3.45. The molecule has 1 saturated heterocycles. The van der Waals surface area contributed by atoms with Crippen LogP contribution in [0.3, 0.4) is 0 Å². The molecule has 2 aromatic heterocycles. The van der Waals surface area contributed by atoms with Gasteiger partial charge in [-0.2, -0.15) is 5.10 Å². The number of amides is 1. The molecular weight excluding hydrogens is 430 g/mol. The van der Waals surface area contributed by atoms with Gasteiger partial charge in [-0.25, -0.2) is 4.98 Å². The molecule has 0 saturated carbocycles. The Morgan fingerprint density at radius 1 is 1.32 bits per heavy atom. The van der Waals surface area contributed by atoms with Crippen molar-refractivity contribution >= 4 is 29.0 Å². The van der Waals surface area contributed by atoms with Crippen molar-refractivity contribution in [3.8, 4) is 17.0 Å². The van der Waals surface area contributed by atoms with Crippen LogP contribution >= 0.6 is 11.6 Å². The second kappa shape index (κ2) is 8.48. The molecule has 8 nitrogen and oxygen atoms in total. The summed E-state index contributed by atoms with van der Waals surface area (Å²) in [5.74, 6) is 0.181. The van der Waals surface area contributed by atoms with Gasteiger partial charge in [0.1, 0.15) is 11.6 Å². The summed E-state index contributed by atoms with van der Waals surface area (Å²) < 4.78 is 29.7. The normalized spacial score (nSPS) is 16.4. The van der Waals surface area contributed by atoms with E-state index in [0.717, 1.165) is 30.0 Å². The number of anilines is 2. The van der Waals surface area contributed by atoms with E-state index in [1.54, 1.807) is 18.3 Å². The van der Waals surface area contributed by atoms with E-state index in [1.165, 1.54) is 30.5 Å². The average molecular weight is 449 g/mol. The van der Waals surface area contributed by atoms with Crippen LogP contribution in [0.5, 0.6) is 5.75 Å². The van der Waals surface area contributed by atoms with E-state index in [1.807, 2.05) is 0 Å². The number of nitrogens with two attached hydrogens (primary N) is 1. The summed E-state index contributed by atoms with van der Waals surface area (Å²) in [5, 5.41) is 9.59. The van der Waals surface area contributed by atoms with Crippen molar-refractivity contribution in [2.45, 2.75) is 18.0 Å². The van der Waals surface area contributed by atoms with Crippen LogP contribution in [0.4, 0.5) is 20.3 Å². The first-order valence-corrected chi connectivity index (χ1v) is 9.84. The summed E-state index contributed by atoms with van der Waals surface area (Å²) in [6, 6.07) is 9.01. The van der Waals surface area contributed by atoms with Crippen molar-refractivity contribution in [1.29, 1.82) is 0 Å². The Kier molecular flexibility index (Phi) is 5.75. The molecule has 4 rings (SSSR count). The van der Waals surface area contributed by atoms with Gasteiger partial charge < -0.3 is 20.7 Å². The number of rotatable bonds is 6. The maximum atomic E-state index is 12.8. The molecule has 162 valence electrons. The van der Waals surface area contributed by atoms with Crippen molar-refractivity contribution < 1.29 is 18.3 Å². The number of nitrogens with zero attached hydrogens (tertiary/aromatic N) is 3. The highest BCUT2D eigenvalue weighted by Crippen LogP contribution is 2.31. The molecule has 0 aliphatic carbocycles. The molecule has 1 aliphatic heterocycles. The Bertz CT molecular complexity index is 1060. The van der Waals surface area contributed by atoms with Crippen molar-refractivity contribution in [3.63, 3.8) is 0 Å². The SMILES string of the molecule is N[C@@H]1CCN(c2ncc(C(=O)Nc3ccc(OC(F)(F)Cl)cc3)cc2-c2ccn[nH]2)C1. The summed E-state index contributed by atoms with van der Waals surface area (Å²) in [6.07, 6.45) is 3.97. The van der Waals surface area contributed by atoms with Gasteiger partial charge >= 0.3 is 5.57 Å². The van der Waals surface area contributed by atoms with E-state index >= 15 is 0 Å². The standard InChI is InChI=1S/C20H19ClF2N6O2/c21-20(22,23)31-15-3-1-14(2-4-15)27-19(30)12-9-16(17-5-7-26-28-17)18(25-10-12)29-8-6-13(24)11-29/h1-5,7,9-10,13H,6,8,11,24H2,(H,26,28)(H,27,30)/t13-/m1/s1. The fraction of sp³-hybridized carbons (Fsp3) is 0.250. The Morgan fingerprint density at radius 2 is 2.10 bits per heavy atom. The maximum absolute atomic E-state index is 12.8. The molecular formula is C20H19ClF2N6O2. The monoisotopic (exact) mass is 448 g/mol. The number of hydrogen-bond donors (Lipinski definition) is 3. The topological polar surface area (TPSA) is 109 Å². The van der Waals surface area contributed by atoms with E-state index in [-0.39, 0.29) is 11.8 Å². The largest absolute Gasteiger partial charge is 0.487 e. The number of nitrogens with one attached hydrogen (secondary N) is 2. The molecule has 4 N–H and O–H groups in total. The zero-order valence-corrected chi connectivity index (χ0v) is 16.9. The predicted octanol–water partition coefficient (Wildman–Crippen LogP) is 3.43. The van der Waals surface area contributed by atoms with Crippen molar-refractivity contribution in [2.24, 2.45) is 5.73 Å². The minimum absolute atomic E-state index is 0.0742. The lowest BCUT2D eigenvalue weighted by Crippen LogP contribution is -2.27. The van der Waals surface area contributed by atoms with Gasteiger partial charge in [0.2, 0.25) is 0 Å². The third kappa shape index (κ3) is 5.09. The number of aromatic amines is 1. The average Bonchev–Trinajstić information content (AvgIpc) is 3.40. The summed E-state index contributed by atoms with van der Waals surface area (Å²) >= 11 is 4.75. The first kappa shape index (κ1) is 21.0. The molecule has 1 aliphatic rings. The van der Waals surface area contributed by atoms with Gasteiger partial charge in [-0.15, -0.1) is 8.78 Å². The molecule has 1 atom stereocenters. The lowest BCUT2D eigenvalue weighted by Gasteiger charge is -2.20. The summed E-state index contributed by atoms with van der Waals surface area (Å²) in [4.78, 5) is 19.3. The first-order chi connectivity index (χ1) is 14.8. The molecule has 31 heavy (non-hydrogen) atoms. The van der Waals surface area contributed by atoms with Crippen LogP contribution in [0.2, 0.25) is 0 Å². The van der Waals surface area contributed by atoms with Crippen molar-refractivity contribution in [3.05, 3.63) is 54.4 Å². The van der Waals surface area contributed by atoms with Gasteiger partial charge in [-0.1, -0.05) is 0 Å². The summed E-state index contributed by atoms with van der Waals surface area (Å²) in [6.45, 7) is 1.45. The highest BCUT2D eigenvalue weighted by molar-refractivity contribution is 6.20. The summed E-state index contributed by atoms with van der Waals surface area (Å²) in [7, 11) is 0. The smallest absolute Gasteiger partial charge is 0.420 e. The van der Waals surface area contributed by atoms with E-state index in [0.29, 0.717) is 17.8 Å². The van der Waals surface area contributed by atoms with Crippen LogP contribution in [-0.4, -0.2) is 45.8 Å². The fourth-order valence-electron chi connectivity index (χ4n) is 3.36. The Hall–Kier alpha value is -3.24. The number of halogens is 3. The quantitative estimate of drug-likeness (QED) is 0.498. The number of hydrogen-bond acceptors (Lipinski definition) is 6. The molecule has 1 fully saturated rings. The van der Waals surface area contributed by atoms with Gasteiger partial charge in [-0.3, -0.25) is 9.89 Å². The molecule has 11 heteroatoms. The van der Waals surface area contributed by atoms with E-state index in [9.17, 15) is 13.6 Å². The molecule has 0 unspecified atom stereocenters. The van der Waals surface area contributed by atoms with Crippen LogP contribution in [0, 0.1) is 0 Å². The molecule has 1 amide bonds. The van der Waals surface area contributed by atoms with Crippen LogP contribution in [0.1, 0.15) is 16.8 Å².